The van der Waals surface area contributed by atoms with Gasteiger partial charge < -0.3 is 14.6 Å². The molecule has 5 heteroatoms. The second-order valence-electron chi connectivity index (χ2n) is 7.33. The molecule has 0 saturated carbocycles. The lowest BCUT2D eigenvalue weighted by Gasteiger charge is -2.49. The van der Waals surface area contributed by atoms with E-state index in [1.54, 1.807) is 11.6 Å². The number of rotatable bonds is 1. The van der Waals surface area contributed by atoms with Crippen LogP contribution in [0.1, 0.15) is 27.7 Å². The second kappa shape index (κ2) is 4.37. The van der Waals surface area contributed by atoms with Gasteiger partial charge in [-0.3, -0.25) is 4.57 Å². The van der Waals surface area contributed by atoms with Gasteiger partial charge in [-0.05, 0) is 45.9 Å². The highest BCUT2D eigenvalue weighted by atomic mass is 16.4. The predicted molar refractivity (Wildman–Crippen MR) is 85.0 cm³/mol. The lowest BCUT2D eigenvalue weighted by Crippen LogP contribution is -2.66. The minimum absolute atomic E-state index is 0.0407. The van der Waals surface area contributed by atoms with Crippen LogP contribution in [0.4, 0.5) is 5.69 Å². The van der Waals surface area contributed by atoms with E-state index in [4.69, 9.17) is 4.42 Å². The average Bonchev–Trinajstić information content (AvgIpc) is 2.61. The monoisotopic (exact) mass is 289 g/mol. The SMILES string of the molecule is Cn1c(=O)oc2ccc(N3CC(C)(C)NC(C)(C)C3)cc21. The number of aromatic nitrogens is 1. The molecule has 1 aromatic carbocycles. The molecule has 0 bridgehead atoms. The maximum Gasteiger partial charge on any atom is 0.419 e. The molecule has 1 aliphatic rings. The summed E-state index contributed by atoms with van der Waals surface area (Å²) in [5, 5.41) is 3.67. The molecule has 1 saturated heterocycles. The Bertz CT molecular complexity index is 724. The van der Waals surface area contributed by atoms with Crippen LogP contribution in [0.15, 0.2) is 27.4 Å². The van der Waals surface area contributed by atoms with Crippen molar-refractivity contribution < 1.29 is 4.42 Å². The van der Waals surface area contributed by atoms with Gasteiger partial charge in [0.1, 0.15) is 0 Å². The smallest absolute Gasteiger partial charge is 0.408 e. The molecule has 1 N–H and O–H groups in total. The van der Waals surface area contributed by atoms with Crippen molar-refractivity contribution in [3.05, 3.63) is 28.7 Å². The van der Waals surface area contributed by atoms with Gasteiger partial charge >= 0.3 is 5.76 Å². The molecule has 5 nitrogen and oxygen atoms in total. The molecule has 21 heavy (non-hydrogen) atoms. The van der Waals surface area contributed by atoms with Crippen LogP contribution in [0, 0.1) is 0 Å². The molecule has 3 rings (SSSR count). The van der Waals surface area contributed by atoms with E-state index in [9.17, 15) is 4.79 Å². The largest absolute Gasteiger partial charge is 0.419 e. The van der Waals surface area contributed by atoms with E-state index >= 15 is 0 Å². The molecular weight excluding hydrogens is 266 g/mol. The van der Waals surface area contributed by atoms with Crippen LogP contribution in [0.2, 0.25) is 0 Å². The fourth-order valence-corrected chi connectivity index (χ4v) is 3.50. The van der Waals surface area contributed by atoms with Crippen molar-refractivity contribution >= 4 is 16.8 Å². The predicted octanol–water partition coefficient (Wildman–Crippen LogP) is 2.10. The van der Waals surface area contributed by atoms with Crippen LogP contribution < -0.4 is 16.0 Å². The summed E-state index contributed by atoms with van der Waals surface area (Å²) in [6.07, 6.45) is 0. The Morgan fingerprint density at radius 3 is 2.38 bits per heavy atom. The maximum atomic E-state index is 11.6. The van der Waals surface area contributed by atoms with E-state index < -0.39 is 0 Å². The third-order valence-corrected chi connectivity index (χ3v) is 3.99. The molecule has 0 radical (unpaired) electrons. The van der Waals surface area contributed by atoms with Crippen LogP contribution in [-0.4, -0.2) is 28.7 Å². The first-order valence-electron chi connectivity index (χ1n) is 7.31. The number of aryl methyl sites for hydroxylation is 1. The van der Waals surface area contributed by atoms with Crippen LogP contribution in [-0.2, 0) is 7.05 Å². The first-order chi connectivity index (χ1) is 9.67. The van der Waals surface area contributed by atoms with Gasteiger partial charge in [0.25, 0.3) is 0 Å². The number of fused-ring (bicyclic) bond motifs is 1. The molecule has 1 fully saturated rings. The van der Waals surface area contributed by atoms with Crippen LogP contribution in [0.5, 0.6) is 0 Å². The Balaban J connectivity index is 2.03. The lowest BCUT2D eigenvalue weighted by molar-refractivity contribution is 0.226. The minimum Gasteiger partial charge on any atom is -0.408 e. The van der Waals surface area contributed by atoms with Gasteiger partial charge in [-0.1, -0.05) is 0 Å². The number of oxazole rings is 1. The standard InChI is InChI=1S/C16H23N3O2/c1-15(2)9-19(10-16(3,4)17-15)11-6-7-13-12(8-11)18(5)14(20)21-13/h6-8,17H,9-10H2,1-5H3. The van der Waals surface area contributed by atoms with Gasteiger partial charge in [0.15, 0.2) is 5.58 Å². The summed E-state index contributed by atoms with van der Waals surface area (Å²) in [5.74, 6) is -0.317. The van der Waals surface area contributed by atoms with E-state index in [0.29, 0.717) is 5.58 Å². The van der Waals surface area contributed by atoms with Gasteiger partial charge in [0.2, 0.25) is 0 Å². The van der Waals surface area contributed by atoms with Gasteiger partial charge in [0, 0.05) is 36.9 Å². The van der Waals surface area contributed by atoms with Crippen molar-refractivity contribution in [3.63, 3.8) is 0 Å². The Hall–Kier alpha value is -1.75. The van der Waals surface area contributed by atoms with E-state index in [1.165, 1.54) is 0 Å². The van der Waals surface area contributed by atoms with Crippen LogP contribution >= 0.6 is 0 Å². The topological polar surface area (TPSA) is 50.4 Å². The van der Waals surface area contributed by atoms with E-state index in [-0.39, 0.29) is 16.8 Å². The zero-order chi connectivity index (χ0) is 15.4. The molecule has 0 amide bonds. The number of benzene rings is 1. The summed E-state index contributed by atoms with van der Waals surface area (Å²) < 4.78 is 6.75. The third-order valence-electron chi connectivity index (χ3n) is 3.99. The molecule has 0 atom stereocenters. The van der Waals surface area contributed by atoms with Crippen molar-refractivity contribution in [2.24, 2.45) is 7.05 Å². The molecule has 1 aromatic heterocycles. The summed E-state index contributed by atoms with van der Waals surface area (Å²) in [6, 6.07) is 5.95. The lowest BCUT2D eigenvalue weighted by atomic mass is 9.91. The second-order valence-corrected chi connectivity index (χ2v) is 7.33. The minimum atomic E-state index is -0.317. The fraction of sp³-hybridized carbons (Fsp3) is 0.562. The molecule has 1 aliphatic heterocycles. The molecular formula is C16H23N3O2. The highest BCUT2D eigenvalue weighted by molar-refractivity contribution is 5.78. The molecule has 2 aromatic rings. The number of hydrogen-bond acceptors (Lipinski definition) is 4. The van der Waals surface area contributed by atoms with E-state index in [0.717, 1.165) is 24.3 Å². The molecule has 0 aliphatic carbocycles. The zero-order valence-electron chi connectivity index (χ0n) is 13.4. The van der Waals surface area contributed by atoms with E-state index in [1.807, 2.05) is 18.2 Å². The highest BCUT2D eigenvalue weighted by Gasteiger charge is 2.36. The van der Waals surface area contributed by atoms with Crippen molar-refractivity contribution in [3.8, 4) is 0 Å². The summed E-state index contributed by atoms with van der Waals surface area (Å²) >= 11 is 0. The van der Waals surface area contributed by atoms with Gasteiger partial charge in [-0.25, -0.2) is 4.79 Å². The number of piperazine rings is 1. The van der Waals surface area contributed by atoms with Gasteiger partial charge in [-0.15, -0.1) is 0 Å². The Kier molecular flexibility index (Phi) is 2.95. The quantitative estimate of drug-likeness (QED) is 0.873. The molecule has 114 valence electrons. The summed E-state index contributed by atoms with van der Waals surface area (Å²) in [4.78, 5) is 14.0. The maximum absolute atomic E-state index is 11.6. The van der Waals surface area contributed by atoms with Gasteiger partial charge in [-0.2, -0.15) is 0 Å². The average molecular weight is 289 g/mol. The van der Waals surface area contributed by atoms with Crippen molar-refractivity contribution in [1.82, 2.24) is 9.88 Å². The molecule has 0 spiro atoms. The highest BCUT2D eigenvalue weighted by Crippen LogP contribution is 2.28. The van der Waals surface area contributed by atoms with E-state index in [2.05, 4.69) is 37.9 Å². The summed E-state index contributed by atoms with van der Waals surface area (Å²) in [6.45, 7) is 10.7. The summed E-state index contributed by atoms with van der Waals surface area (Å²) in [5.41, 5.74) is 2.69. The fourth-order valence-electron chi connectivity index (χ4n) is 3.50. The Morgan fingerprint density at radius 1 is 1.14 bits per heavy atom. The van der Waals surface area contributed by atoms with Crippen molar-refractivity contribution in [2.45, 2.75) is 38.8 Å². The zero-order valence-corrected chi connectivity index (χ0v) is 13.4. The summed E-state index contributed by atoms with van der Waals surface area (Å²) in [7, 11) is 1.74. The van der Waals surface area contributed by atoms with Crippen LogP contribution in [0.3, 0.4) is 0 Å². The first-order valence-corrected chi connectivity index (χ1v) is 7.31. The van der Waals surface area contributed by atoms with Crippen molar-refractivity contribution in [1.29, 1.82) is 0 Å². The normalized spacial score (nSPS) is 20.9. The van der Waals surface area contributed by atoms with Gasteiger partial charge in [0.05, 0.1) is 5.52 Å². The number of nitrogens with zero attached hydrogens (tertiary/aromatic N) is 2. The number of hydrogen-bond donors (Lipinski definition) is 1. The Labute approximate surface area is 124 Å². The third kappa shape index (κ3) is 2.58. The number of anilines is 1. The first kappa shape index (κ1) is 14.2. The Morgan fingerprint density at radius 2 is 1.76 bits per heavy atom. The number of nitrogens with one attached hydrogen (secondary N) is 1. The molecule has 2 heterocycles. The van der Waals surface area contributed by atoms with Crippen LogP contribution in [0.25, 0.3) is 11.1 Å². The molecule has 0 unspecified atom stereocenters. The van der Waals surface area contributed by atoms with Crippen molar-refractivity contribution in [2.75, 3.05) is 18.0 Å².